The smallest absolute Gasteiger partial charge is 0.419 e. The van der Waals surface area contributed by atoms with Gasteiger partial charge in [-0.15, -0.1) is 0 Å². The quantitative estimate of drug-likeness (QED) is 0.737. The number of aliphatic carboxylic acids is 1. The number of halogens is 3. The number of rotatable bonds is 5. The molecule has 1 aliphatic heterocycles. The zero-order valence-electron chi connectivity index (χ0n) is 18.4. The third-order valence-electron chi connectivity index (χ3n) is 4.69. The molecule has 0 unspecified atom stereocenters. The number of carbonyl (C=O) groups excluding carboxylic acids is 1. The lowest BCUT2D eigenvalue weighted by Crippen LogP contribution is -2.49. The number of hydrogen-bond acceptors (Lipinski definition) is 5. The van der Waals surface area contributed by atoms with Crippen LogP contribution in [0.25, 0.3) is 0 Å². The average molecular weight is 446 g/mol. The molecule has 1 saturated heterocycles. The first-order valence-corrected chi connectivity index (χ1v) is 9.92. The van der Waals surface area contributed by atoms with Gasteiger partial charge in [0.15, 0.2) is 5.60 Å². The van der Waals surface area contributed by atoms with E-state index in [4.69, 9.17) is 9.47 Å². The molecular formula is C21H29F3N2O5. The molecule has 1 N–H and O–H groups in total. The molecule has 10 heteroatoms. The van der Waals surface area contributed by atoms with E-state index in [0.717, 1.165) is 6.07 Å². The molecule has 0 radical (unpaired) electrons. The minimum atomic E-state index is -4.70. The number of piperazine rings is 1. The highest BCUT2D eigenvalue weighted by Crippen LogP contribution is 2.40. The summed E-state index contributed by atoms with van der Waals surface area (Å²) in [5.41, 5.74) is -3.25. The summed E-state index contributed by atoms with van der Waals surface area (Å²) < 4.78 is 51.4. The fourth-order valence-electron chi connectivity index (χ4n) is 3.01. The maximum atomic E-state index is 13.6. The zero-order chi connectivity index (χ0) is 23.6. The van der Waals surface area contributed by atoms with E-state index in [9.17, 15) is 27.9 Å². The van der Waals surface area contributed by atoms with Crippen LogP contribution in [0.2, 0.25) is 0 Å². The van der Waals surface area contributed by atoms with Gasteiger partial charge < -0.3 is 19.5 Å². The van der Waals surface area contributed by atoms with Crippen LogP contribution in [0.1, 0.15) is 45.7 Å². The Labute approximate surface area is 179 Å². The van der Waals surface area contributed by atoms with Crippen molar-refractivity contribution in [2.45, 2.75) is 58.5 Å². The van der Waals surface area contributed by atoms with Crippen LogP contribution in [0.3, 0.4) is 0 Å². The molecule has 0 spiro atoms. The Balaban J connectivity index is 2.19. The normalized spacial score (nSPS) is 16.2. The molecule has 7 nitrogen and oxygen atoms in total. The van der Waals surface area contributed by atoms with Crippen molar-refractivity contribution in [3.05, 3.63) is 29.3 Å². The fraction of sp³-hybridized carbons (Fsp3) is 0.619. The van der Waals surface area contributed by atoms with Gasteiger partial charge in [-0.05, 0) is 40.7 Å². The monoisotopic (exact) mass is 446 g/mol. The van der Waals surface area contributed by atoms with Crippen molar-refractivity contribution in [1.82, 2.24) is 9.80 Å². The fourth-order valence-corrected chi connectivity index (χ4v) is 3.01. The van der Waals surface area contributed by atoms with E-state index in [1.807, 2.05) is 4.90 Å². The Morgan fingerprint density at radius 3 is 2.10 bits per heavy atom. The summed E-state index contributed by atoms with van der Waals surface area (Å²) in [6.07, 6.45) is -5.13. The number of benzene rings is 1. The van der Waals surface area contributed by atoms with Crippen molar-refractivity contribution < 1.29 is 37.3 Å². The standard InChI is InChI=1S/C21H29F3N2O5/c1-19(2,3)31-18(29)26-11-9-25(10-12-26)13-14-7-6-8-15(21(22,23)24)16(14)30-20(4,5)17(27)28/h6-8H,9-13H2,1-5H3,(H,27,28). The van der Waals surface area contributed by atoms with Gasteiger partial charge >= 0.3 is 18.2 Å². The van der Waals surface area contributed by atoms with Gasteiger partial charge in [0, 0.05) is 38.3 Å². The van der Waals surface area contributed by atoms with Crippen LogP contribution in [-0.2, 0) is 22.3 Å². The summed E-state index contributed by atoms with van der Waals surface area (Å²) in [5.74, 6) is -1.86. The number of amides is 1. The molecule has 31 heavy (non-hydrogen) atoms. The first-order chi connectivity index (χ1) is 14.1. The second-order valence-electron chi connectivity index (χ2n) is 8.95. The van der Waals surface area contributed by atoms with Crippen molar-refractivity contribution >= 4 is 12.1 Å². The summed E-state index contributed by atoms with van der Waals surface area (Å²) in [6.45, 7) is 9.43. The van der Waals surface area contributed by atoms with Gasteiger partial charge in [0.05, 0.1) is 5.56 Å². The number of alkyl halides is 3. The number of carboxylic acid groups (broad SMARTS) is 1. The third-order valence-corrected chi connectivity index (χ3v) is 4.69. The number of ether oxygens (including phenoxy) is 2. The highest BCUT2D eigenvalue weighted by molar-refractivity contribution is 5.77. The molecule has 174 valence electrons. The summed E-state index contributed by atoms with van der Waals surface area (Å²) in [7, 11) is 0. The molecule has 1 aromatic carbocycles. The number of carbonyl (C=O) groups is 2. The maximum absolute atomic E-state index is 13.6. The lowest BCUT2D eigenvalue weighted by Gasteiger charge is -2.36. The molecule has 1 heterocycles. The van der Waals surface area contributed by atoms with Gasteiger partial charge in [-0.3, -0.25) is 4.90 Å². The molecule has 1 amide bonds. The first-order valence-electron chi connectivity index (χ1n) is 9.92. The molecule has 2 rings (SSSR count). The SMILES string of the molecule is CC(C)(C)OC(=O)N1CCN(Cc2cccc(C(F)(F)F)c2OC(C)(C)C(=O)O)CC1. The van der Waals surface area contributed by atoms with Gasteiger partial charge in [0.25, 0.3) is 0 Å². The lowest BCUT2D eigenvalue weighted by molar-refractivity contribution is -0.155. The Morgan fingerprint density at radius 1 is 1.03 bits per heavy atom. The zero-order valence-corrected chi connectivity index (χ0v) is 18.4. The van der Waals surface area contributed by atoms with E-state index < -0.39 is 40.8 Å². The van der Waals surface area contributed by atoms with E-state index in [1.54, 1.807) is 25.7 Å². The van der Waals surface area contributed by atoms with Crippen LogP contribution in [0, 0.1) is 0 Å². The Kier molecular flexibility index (Phi) is 7.14. The minimum absolute atomic E-state index is 0.122. The highest BCUT2D eigenvalue weighted by Gasteiger charge is 2.39. The van der Waals surface area contributed by atoms with Crippen LogP contribution in [0.4, 0.5) is 18.0 Å². The summed E-state index contributed by atoms with van der Waals surface area (Å²) in [6, 6.07) is 3.63. The number of hydrogen-bond donors (Lipinski definition) is 1. The summed E-state index contributed by atoms with van der Waals surface area (Å²) in [4.78, 5) is 27.1. The number of para-hydroxylation sites is 1. The van der Waals surface area contributed by atoms with Crippen LogP contribution in [0.15, 0.2) is 18.2 Å². The van der Waals surface area contributed by atoms with E-state index >= 15 is 0 Å². The van der Waals surface area contributed by atoms with Crippen molar-refractivity contribution in [1.29, 1.82) is 0 Å². The molecule has 1 fully saturated rings. The van der Waals surface area contributed by atoms with Gasteiger partial charge in [-0.2, -0.15) is 13.2 Å². The average Bonchev–Trinajstić information content (AvgIpc) is 2.61. The number of carboxylic acids is 1. The molecule has 1 aromatic rings. The van der Waals surface area contributed by atoms with Crippen molar-refractivity contribution in [2.24, 2.45) is 0 Å². The minimum Gasteiger partial charge on any atom is -0.478 e. The van der Waals surface area contributed by atoms with Crippen molar-refractivity contribution in [3.8, 4) is 5.75 Å². The van der Waals surface area contributed by atoms with E-state index in [2.05, 4.69) is 0 Å². The van der Waals surface area contributed by atoms with E-state index in [-0.39, 0.29) is 12.1 Å². The second kappa shape index (κ2) is 8.94. The van der Waals surface area contributed by atoms with Crippen molar-refractivity contribution in [2.75, 3.05) is 26.2 Å². The first kappa shape index (κ1) is 24.8. The van der Waals surface area contributed by atoms with Crippen molar-refractivity contribution in [3.63, 3.8) is 0 Å². The predicted octanol–water partition coefficient (Wildman–Crippen LogP) is 4.00. The van der Waals surface area contributed by atoms with Gasteiger partial charge in [-0.1, -0.05) is 12.1 Å². The predicted molar refractivity (Wildman–Crippen MR) is 107 cm³/mol. The maximum Gasteiger partial charge on any atom is 0.419 e. The molecule has 0 saturated carbocycles. The molecule has 0 atom stereocenters. The Hall–Kier alpha value is -2.49. The molecule has 0 aromatic heterocycles. The molecule has 0 aliphatic carbocycles. The van der Waals surface area contributed by atoms with Crippen LogP contribution in [0.5, 0.6) is 5.75 Å². The van der Waals surface area contributed by atoms with Gasteiger partial charge in [-0.25, -0.2) is 9.59 Å². The Bertz CT molecular complexity index is 810. The molecule has 0 bridgehead atoms. The topological polar surface area (TPSA) is 79.3 Å². The van der Waals surface area contributed by atoms with Crippen LogP contribution >= 0.6 is 0 Å². The van der Waals surface area contributed by atoms with Crippen LogP contribution < -0.4 is 4.74 Å². The molecule has 1 aliphatic rings. The largest absolute Gasteiger partial charge is 0.478 e. The lowest BCUT2D eigenvalue weighted by atomic mass is 10.0. The molecular weight excluding hydrogens is 417 g/mol. The third kappa shape index (κ3) is 6.75. The number of nitrogens with zero attached hydrogens (tertiary/aromatic N) is 2. The van der Waals surface area contributed by atoms with E-state index in [0.29, 0.717) is 26.2 Å². The van der Waals surface area contributed by atoms with Crippen LogP contribution in [-0.4, -0.2) is 64.4 Å². The van der Waals surface area contributed by atoms with Gasteiger partial charge in [0.2, 0.25) is 0 Å². The van der Waals surface area contributed by atoms with Gasteiger partial charge in [0.1, 0.15) is 11.4 Å². The summed E-state index contributed by atoms with van der Waals surface area (Å²) >= 11 is 0. The highest BCUT2D eigenvalue weighted by atomic mass is 19.4. The Morgan fingerprint density at radius 2 is 1.61 bits per heavy atom. The summed E-state index contributed by atoms with van der Waals surface area (Å²) in [5, 5.41) is 9.30. The second-order valence-corrected chi connectivity index (χ2v) is 8.95. The van der Waals surface area contributed by atoms with E-state index in [1.165, 1.54) is 26.0 Å².